The number of hydrogen-bond donors (Lipinski definition) is 1. The summed E-state index contributed by atoms with van der Waals surface area (Å²) < 4.78 is 0. The lowest BCUT2D eigenvalue weighted by atomic mass is 10.2. The van der Waals surface area contributed by atoms with Crippen molar-refractivity contribution < 1.29 is 9.90 Å². The molecule has 110 valence electrons. The Balaban J connectivity index is 2.32. The van der Waals surface area contributed by atoms with Gasteiger partial charge in [0.05, 0.1) is 11.9 Å². The van der Waals surface area contributed by atoms with E-state index in [1.807, 2.05) is 37.9 Å². The highest BCUT2D eigenvalue weighted by Gasteiger charge is 2.18. The molecular weight excluding hydrogens is 268 g/mol. The third kappa shape index (κ3) is 3.53. The van der Waals surface area contributed by atoms with Crippen LogP contribution in [-0.2, 0) is 6.54 Å². The Labute approximate surface area is 123 Å². The number of aromatic carboxylic acids is 1. The number of carboxylic acid groups (broad SMARTS) is 1. The summed E-state index contributed by atoms with van der Waals surface area (Å²) in [6, 6.07) is 3.78. The number of hydrogen-bond acceptors (Lipinski definition) is 5. The van der Waals surface area contributed by atoms with Crippen LogP contribution in [0.2, 0.25) is 0 Å². The summed E-state index contributed by atoms with van der Waals surface area (Å²) in [4.78, 5) is 25.6. The molecule has 6 nitrogen and oxygen atoms in total. The molecule has 2 aromatic rings. The fourth-order valence-electron chi connectivity index (χ4n) is 1.95. The van der Waals surface area contributed by atoms with Gasteiger partial charge in [-0.2, -0.15) is 0 Å². The van der Waals surface area contributed by atoms with Gasteiger partial charge in [0.15, 0.2) is 5.69 Å². The molecule has 0 saturated carbocycles. The average Bonchev–Trinajstić information content (AvgIpc) is 2.47. The zero-order valence-corrected chi connectivity index (χ0v) is 12.3. The molecule has 2 heterocycles. The van der Waals surface area contributed by atoms with Crippen molar-refractivity contribution >= 4 is 11.7 Å². The molecule has 2 aromatic heterocycles. The van der Waals surface area contributed by atoms with Crippen LogP contribution >= 0.6 is 0 Å². The molecule has 0 unspecified atom stereocenters. The number of pyridine rings is 1. The van der Waals surface area contributed by atoms with Gasteiger partial charge in [0.25, 0.3) is 0 Å². The van der Waals surface area contributed by atoms with E-state index >= 15 is 0 Å². The molecule has 0 aromatic carbocycles. The molecule has 0 spiro atoms. The van der Waals surface area contributed by atoms with Crippen LogP contribution in [0.1, 0.15) is 41.6 Å². The van der Waals surface area contributed by atoms with E-state index in [1.165, 1.54) is 0 Å². The second-order valence-corrected chi connectivity index (χ2v) is 5.13. The zero-order chi connectivity index (χ0) is 15.4. The summed E-state index contributed by atoms with van der Waals surface area (Å²) in [5.74, 6) is -0.424. The number of rotatable bonds is 5. The molecular formula is C15H18N4O2. The van der Waals surface area contributed by atoms with E-state index in [4.69, 9.17) is 0 Å². The molecule has 21 heavy (non-hydrogen) atoms. The molecule has 0 aliphatic heterocycles. The minimum Gasteiger partial charge on any atom is -0.476 e. The van der Waals surface area contributed by atoms with E-state index in [2.05, 4.69) is 15.0 Å². The van der Waals surface area contributed by atoms with Crippen LogP contribution in [0.3, 0.4) is 0 Å². The monoisotopic (exact) mass is 286 g/mol. The van der Waals surface area contributed by atoms with Crippen LogP contribution < -0.4 is 4.90 Å². The Morgan fingerprint density at radius 3 is 2.57 bits per heavy atom. The molecule has 0 aliphatic carbocycles. The molecule has 0 radical (unpaired) electrons. The van der Waals surface area contributed by atoms with Gasteiger partial charge in [-0.25, -0.2) is 14.8 Å². The van der Waals surface area contributed by atoms with Crippen molar-refractivity contribution in [2.75, 3.05) is 11.9 Å². The largest absolute Gasteiger partial charge is 0.476 e. The Morgan fingerprint density at radius 2 is 2.00 bits per heavy atom. The highest BCUT2D eigenvalue weighted by atomic mass is 16.4. The van der Waals surface area contributed by atoms with Crippen LogP contribution in [0.25, 0.3) is 0 Å². The molecule has 0 atom stereocenters. The highest BCUT2D eigenvalue weighted by molar-refractivity contribution is 5.91. The number of nitrogens with zero attached hydrogens (tertiary/aromatic N) is 4. The van der Waals surface area contributed by atoms with Gasteiger partial charge in [-0.3, -0.25) is 4.98 Å². The lowest BCUT2D eigenvalue weighted by molar-refractivity contribution is 0.0690. The summed E-state index contributed by atoms with van der Waals surface area (Å²) in [6.07, 6.45) is 4.99. The van der Waals surface area contributed by atoms with Crippen molar-refractivity contribution in [2.45, 2.75) is 26.3 Å². The first-order valence-electron chi connectivity index (χ1n) is 6.69. The second kappa shape index (κ2) is 6.30. The third-order valence-corrected chi connectivity index (χ3v) is 3.09. The zero-order valence-electron chi connectivity index (χ0n) is 12.3. The second-order valence-electron chi connectivity index (χ2n) is 5.13. The minimum atomic E-state index is -1.05. The molecule has 6 heteroatoms. The van der Waals surface area contributed by atoms with Crippen LogP contribution in [0.15, 0.2) is 30.7 Å². The van der Waals surface area contributed by atoms with Gasteiger partial charge in [0, 0.05) is 31.9 Å². The van der Waals surface area contributed by atoms with E-state index in [1.54, 1.807) is 18.6 Å². The fourth-order valence-corrected chi connectivity index (χ4v) is 1.95. The number of aromatic nitrogens is 3. The SMILES string of the molecule is CC(C)c1ncc(N(C)Cc2ccncc2)c(C(=O)O)n1. The number of carbonyl (C=O) groups is 1. The molecule has 0 fully saturated rings. The van der Waals surface area contributed by atoms with Crippen molar-refractivity contribution in [2.24, 2.45) is 0 Å². The van der Waals surface area contributed by atoms with E-state index < -0.39 is 5.97 Å². The van der Waals surface area contributed by atoms with Crippen molar-refractivity contribution in [1.29, 1.82) is 0 Å². The van der Waals surface area contributed by atoms with Gasteiger partial charge in [0.2, 0.25) is 0 Å². The third-order valence-electron chi connectivity index (χ3n) is 3.09. The summed E-state index contributed by atoms with van der Waals surface area (Å²) in [6.45, 7) is 4.43. The van der Waals surface area contributed by atoms with E-state index in [-0.39, 0.29) is 11.6 Å². The van der Waals surface area contributed by atoms with Gasteiger partial charge in [-0.15, -0.1) is 0 Å². The van der Waals surface area contributed by atoms with Crippen molar-refractivity contribution in [1.82, 2.24) is 15.0 Å². The topological polar surface area (TPSA) is 79.2 Å². The lowest BCUT2D eigenvalue weighted by Gasteiger charge is -2.21. The average molecular weight is 286 g/mol. The predicted molar refractivity (Wildman–Crippen MR) is 79.4 cm³/mol. The van der Waals surface area contributed by atoms with Gasteiger partial charge >= 0.3 is 5.97 Å². The number of carboxylic acids is 1. The van der Waals surface area contributed by atoms with Crippen molar-refractivity contribution in [3.63, 3.8) is 0 Å². The summed E-state index contributed by atoms with van der Waals surface area (Å²) >= 11 is 0. The lowest BCUT2D eigenvalue weighted by Crippen LogP contribution is -2.21. The maximum absolute atomic E-state index is 11.4. The molecule has 1 N–H and O–H groups in total. The van der Waals surface area contributed by atoms with Gasteiger partial charge in [-0.05, 0) is 17.7 Å². The Hall–Kier alpha value is -2.50. The fraction of sp³-hybridized carbons (Fsp3) is 0.333. The van der Waals surface area contributed by atoms with Crippen molar-refractivity contribution in [3.8, 4) is 0 Å². The smallest absolute Gasteiger partial charge is 0.356 e. The minimum absolute atomic E-state index is 0.0326. The summed E-state index contributed by atoms with van der Waals surface area (Å²) in [5.41, 5.74) is 1.57. The first kappa shape index (κ1) is 14.9. The molecule has 0 bridgehead atoms. The van der Waals surface area contributed by atoms with E-state index in [9.17, 15) is 9.90 Å². The van der Waals surface area contributed by atoms with Gasteiger partial charge in [0.1, 0.15) is 5.82 Å². The van der Waals surface area contributed by atoms with E-state index in [0.717, 1.165) is 5.56 Å². The summed E-state index contributed by atoms with van der Waals surface area (Å²) in [7, 11) is 1.82. The standard InChI is InChI=1S/C15H18N4O2/c1-10(2)14-17-8-12(13(18-14)15(20)21)19(3)9-11-4-6-16-7-5-11/h4-8,10H,9H2,1-3H3,(H,20,21). The summed E-state index contributed by atoms with van der Waals surface area (Å²) in [5, 5.41) is 9.36. The van der Waals surface area contributed by atoms with Crippen LogP contribution in [0, 0.1) is 0 Å². The molecule has 0 aliphatic rings. The van der Waals surface area contributed by atoms with Crippen molar-refractivity contribution in [3.05, 3.63) is 47.8 Å². The predicted octanol–water partition coefficient (Wildman–Crippen LogP) is 2.33. The maximum atomic E-state index is 11.4. The quantitative estimate of drug-likeness (QED) is 0.908. The first-order valence-corrected chi connectivity index (χ1v) is 6.69. The van der Waals surface area contributed by atoms with Crippen LogP contribution in [0.4, 0.5) is 5.69 Å². The number of anilines is 1. The van der Waals surface area contributed by atoms with Gasteiger partial charge in [-0.1, -0.05) is 13.8 Å². The normalized spacial score (nSPS) is 10.7. The Kier molecular flexibility index (Phi) is 4.47. The van der Waals surface area contributed by atoms with Crippen LogP contribution in [0.5, 0.6) is 0 Å². The van der Waals surface area contributed by atoms with E-state index in [0.29, 0.717) is 18.1 Å². The Bertz CT molecular complexity index is 629. The Morgan fingerprint density at radius 1 is 1.33 bits per heavy atom. The molecule has 2 rings (SSSR count). The highest BCUT2D eigenvalue weighted by Crippen LogP contribution is 2.21. The molecule has 0 amide bonds. The maximum Gasteiger partial charge on any atom is 0.356 e. The first-order chi connectivity index (χ1) is 9.99. The molecule has 0 saturated heterocycles. The van der Waals surface area contributed by atoms with Crippen LogP contribution in [-0.4, -0.2) is 33.1 Å². The van der Waals surface area contributed by atoms with Gasteiger partial charge < -0.3 is 10.0 Å².